The number of carbonyl (C=O) groups excluding carboxylic acids is 1. The van der Waals surface area contributed by atoms with Crippen molar-refractivity contribution in [3.05, 3.63) is 17.5 Å². The molecule has 1 saturated carbocycles. The zero-order valence-corrected chi connectivity index (χ0v) is 11.1. The molecule has 0 saturated heterocycles. The van der Waals surface area contributed by atoms with Gasteiger partial charge in [0.05, 0.1) is 13.5 Å². The highest BCUT2D eigenvalue weighted by Gasteiger charge is 2.44. The largest absolute Gasteiger partial charge is 0.469 e. The minimum absolute atomic E-state index is 0.0820. The summed E-state index contributed by atoms with van der Waals surface area (Å²) < 4.78 is 4.70. The van der Waals surface area contributed by atoms with Gasteiger partial charge >= 0.3 is 5.97 Å². The molecule has 2 rings (SSSR count). The lowest BCUT2D eigenvalue weighted by Crippen LogP contribution is -2.13. The molecular weight excluding hydrogens is 260 g/mol. The molecule has 0 spiro atoms. The van der Waals surface area contributed by atoms with Crippen LogP contribution in [0.5, 0.6) is 0 Å². The summed E-state index contributed by atoms with van der Waals surface area (Å²) in [5.41, 5.74) is 0.0820. The number of halogens is 1. The van der Waals surface area contributed by atoms with Crippen LogP contribution in [-0.4, -0.2) is 28.8 Å². The van der Waals surface area contributed by atoms with E-state index < -0.39 is 0 Å². The van der Waals surface area contributed by atoms with Crippen LogP contribution in [0.3, 0.4) is 0 Å². The number of hydrogen-bond donors (Lipinski definition) is 0. The third kappa shape index (κ3) is 3.33. The summed E-state index contributed by atoms with van der Waals surface area (Å²) in [7, 11) is 1.42. The Kier molecular flexibility index (Phi) is 3.89. The Balaban J connectivity index is 1.90. The lowest BCUT2D eigenvalue weighted by Gasteiger charge is -2.12. The number of carbonyl (C=O) groups is 1. The van der Waals surface area contributed by atoms with E-state index in [1.54, 1.807) is 24.2 Å². The standard InChI is InChI=1S/C11H13ClN2O2S/c1-16-8(15)6-11(2-3-11)7-17-10-9(12)13-4-5-14-10/h4-5H,2-3,6-7H2,1H3. The summed E-state index contributed by atoms with van der Waals surface area (Å²) >= 11 is 7.48. The van der Waals surface area contributed by atoms with E-state index in [0.29, 0.717) is 11.6 Å². The summed E-state index contributed by atoms with van der Waals surface area (Å²) in [4.78, 5) is 19.4. The van der Waals surface area contributed by atoms with Crippen molar-refractivity contribution in [1.82, 2.24) is 9.97 Å². The first-order valence-corrected chi connectivity index (χ1v) is 6.68. The van der Waals surface area contributed by atoms with Crippen LogP contribution in [0.1, 0.15) is 19.3 Å². The van der Waals surface area contributed by atoms with Crippen LogP contribution in [0.4, 0.5) is 0 Å². The summed E-state index contributed by atoms with van der Waals surface area (Å²) in [6, 6.07) is 0. The number of aromatic nitrogens is 2. The Hall–Kier alpha value is -0.810. The van der Waals surface area contributed by atoms with Gasteiger partial charge in [-0.3, -0.25) is 4.79 Å². The topological polar surface area (TPSA) is 52.1 Å². The van der Waals surface area contributed by atoms with Gasteiger partial charge in [0.1, 0.15) is 5.03 Å². The van der Waals surface area contributed by atoms with Crippen molar-refractivity contribution in [2.24, 2.45) is 5.41 Å². The van der Waals surface area contributed by atoms with Crippen molar-refractivity contribution in [1.29, 1.82) is 0 Å². The minimum atomic E-state index is -0.145. The van der Waals surface area contributed by atoms with Gasteiger partial charge in [-0.15, -0.1) is 11.8 Å². The van der Waals surface area contributed by atoms with Gasteiger partial charge in [-0.1, -0.05) is 11.6 Å². The highest BCUT2D eigenvalue weighted by atomic mass is 35.5. The molecule has 0 radical (unpaired) electrons. The quantitative estimate of drug-likeness (QED) is 0.609. The molecule has 92 valence electrons. The zero-order valence-electron chi connectivity index (χ0n) is 9.48. The molecule has 6 heteroatoms. The van der Waals surface area contributed by atoms with Crippen LogP contribution in [-0.2, 0) is 9.53 Å². The summed E-state index contributed by atoms with van der Waals surface area (Å²) in [5.74, 6) is 0.689. The molecule has 0 N–H and O–H groups in total. The average Bonchev–Trinajstić information content (AvgIpc) is 3.08. The molecule has 0 aromatic carbocycles. The Morgan fingerprint density at radius 3 is 2.82 bits per heavy atom. The third-order valence-electron chi connectivity index (χ3n) is 2.84. The van der Waals surface area contributed by atoms with Gasteiger partial charge in [-0.05, 0) is 18.3 Å². The molecule has 1 heterocycles. The van der Waals surface area contributed by atoms with Crippen LogP contribution >= 0.6 is 23.4 Å². The van der Waals surface area contributed by atoms with E-state index in [1.807, 2.05) is 0 Å². The van der Waals surface area contributed by atoms with Crippen molar-refractivity contribution < 1.29 is 9.53 Å². The van der Waals surface area contributed by atoms with Crippen LogP contribution in [0.25, 0.3) is 0 Å². The minimum Gasteiger partial charge on any atom is -0.469 e. The molecule has 1 aromatic heterocycles. The van der Waals surface area contributed by atoms with Gasteiger partial charge in [0.2, 0.25) is 0 Å². The number of esters is 1. The highest BCUT2D eigenvalue weighted by molar-refractivity contribution is 7.99. The van der Waals surface area contributed by atoms with Gasteiger partial charge in [0.15, 0.2) is 5.15 Å². The van der Waals surface area contributed by atoms with E-state index in [4.69, 9.17) is 16.3 Å². The molecule has 0 amide bonds. The number of ether oxygens (including phenoxy) is 1. The van der Waals surface area contributed by atoms with Crippen molar-refractivity contribution in [2.75, 3.05) is 12.9 Å². The Morgan fingerprint density at radius 2 is 2.24 bits per heavy atom. The molecular formula is C11H13ClN2O2S. The average molecular weight is 273 g/mol. The third-order valence-corrected chi connectivity index (χ3v) is 4.56. The lowest BCUT2D eigenvalue weighted by molar-refractivity contribution is -0.141. The SMILES string of the molecule is COC(=O)CC1(CSc2nccnc2Cl)CC1. The number of rotatable bonds is 5. The Labute approximate surface area is 109 Å². The van der Waals surface area contributed by atoms with Crippen molar-refractivity contribution in [3.63, 3.8) is 0 Å². The van der Waals surface area contributed by atoms with Gasteiger partial charge in [0.25, 0.3) is 0 Å². The maximum absolute atomic E-state index is 11.3. The second-order valence-corrected chi connectivity index (χ2v) is 5.52. The predicted octanol–water partition coefficient (Wildman–Crippen LogP) is 2.57. The number of thioether (sulfide) groups is 1. The highest BCUT2D eigenvalue weighted by Crippen LogP contribution is 2.52. The molecule has 0 bridgehead atoms. The van der Waals surface area contributed by atoms with Gasteiger partial charge in [-0.2, -0.15) is 0 Å². The van der Waals surface area contributed by atoms with Crippen LogP contribution < -0.4 is 0 Å². The lowest BCUT2D eigenvalue weighted by atomic mass is 10.1. The molecule has 0 atom stereocenters. The van der Waals surface area contributed by atoms with Gasteiger partial charge < -0.3 is 4.74 Å². The van der Waals surface area contributed by atoms with E-state index in [9.17, 15) is 4.79 Å². The van der Waals surface area contributed by atoms with Gasteiger partial charge in [-0.25, -0.2) is 9.97 Å². The van der Waals surface area contributed by atoms with E-state index in [1.165, 1.54) is 7.11 Å². The molecule has 1 aliphatic carbocycles. The molecule has 0 unspecified atom stereocenters. The monoisotopic (exact) mass is 272 g/mol. The number of methoxy groups -OCH3 is 1. The summed E-state index contributed by atoms with van der Waals surface area (Å²) in [6.07, 6.45) is 5.79. The van der Waals surface area contributed by atoms with E-state index >= 15 is 0 Å². The smallest absolute Gasteiger partial charge is 0.306 e. The fourth-order valence-electron chi connectivity index (χ4n) is 1.55. The first-order valence-electron chi connectivity index (χ1n) is 5.31. The fraction of sp³-hybridized carbons (Fsp3) is 0.545. The molecule has 1 aromatic rings. The molecule has 4 nitrogen and oxygen atoms in total. The predicted molar refractivity (Wildman–Crippen MR) is 66.1 cm³/mol. The van der Waals surface area contributed by atoms with Crippen molar-refractivity contribution >= 4 is 29.3 Å². The maximum Gasteiger partial charge on any atom is 0.306 e. The summed E-state index contributed by atoms with van der Waals surface area (Å²) in [6.45, 7) is 0. The molecule has 1 aliphatic rings. The van der Waals surface area contributed by atoms with Crippen molar-refractivity contribution in [3.8, 4) is 0 Å². The molecule has 0 aliphatic heterocycles. The fourth-order valence-corrected chi connectivity index (χ4v) is 2.96. The van der Waals surface area contributed by atoms with Crippen LogP contribution in [0.2, 0.25) is 5.15 Å². The number of nitrogens with zero attached hydrogens (tertiary/aromatic N) is 2. The molecule has 17 heavy (non-hydrogen) atoms. The van der Waals surface area contributed by atoms with E-state index in [0.717, 1.165) is 23.6 Å². The van der Waals surface area contributed by atoms with Crippen molar-refractivity contribution in [2.45, 2.75) is 24.3 Å². The maximum atomic E-state index is 11.3. The van der Waals surface area contributed by atoms with Crippen LogP contribution in [0.15, 0.2) is 17.4 Å². The molecule has 1 fully saturated rings. The zero-order chi connectivity index (χ0) is 12.3. The normalized spacial score (nSPS) is 16.6. The Morgan fingerprint density at radius 1 is 1.53 bits per heavy atom. The second kappa shape index (κ2) is 5.23. The van der Waals surface area contributed by atoms with Crippen LogP contribution in [0, 0.1) is 5.41 Å². The van der Waals surface area contributed by atoms with Gasteiger partial charge in [0, 0.05) is 18.1 Å². The first-order chi connectivity index (χ1) is 8.15. The van der Waals surface area contributed by atoms with E-state index in [2.05, 4.69) is 9.97 Å². The second-order valence-electron chi connectivity index (χ2n) is 4.19. The number of hydrogen-bond acceptors (Lipinski definition) is 5. The van der Waals surface area contributed by atoms with E-state index in [-0.39, 0.29) is 11.4 Å². The first kappa shape index (κ1) is 12.6. The Bertz CT molecular complexity index is 424. The summed E-state index contributed by atoms with van der Waals surface area (Å²) in [5, 5.41) is 1.15.